The Kier molecular flexibility index (Phi) is 4.36. The smallest absolute Gasteiger partial charge is 0.147 e. The highest BCUT2D eigenvalue weighted by Crippen LogP contribution is 2.20. The number of aliphatic hydroxyl groups excluding tert-OH is 2. The molecular weight excluding hydrogens is 246 g/mol. The van der Waals surface area contributed by atoms with E-state index in [0.29, 0.717) is 19.6 Å². The van der Waals surface area contributed by atoms with E-state index in [1.807, 2.05) is 35.2 Å². The molecule has 1 aromatic carbocycles. The molecule has 1 heterocycles. The largest absolute Gasteiger partial charge is 0.409 e. The number of amidine groups is 1. The number of oxime groups is 1. The Hall–Kier alpha value is -1.63. The molecule has 1 saturated heterocycles. The summed E-state index contributed by atoms with van der Waals surface area (Å²) in [6, 6.07) is 9.49. The standard InChI is InChI=1S/C13H19N3O3/c14-13(15-19)10(9-4-2-1-3-5-9)6-16-7-11(17)12(18)8-16/h1-5,10-12,17-19H,6-8H2,(H2,14,15). The highest BCUT2D eigenvalue weighted by atomic mass is 16.4. The second-order valence-corrected chi connectivity index (χ2v) is 4.84. The van der Waals surface area contributed by atoms with Gasteiger partial charge in [-0.2, -0.15) is 0 Å². The van der Waals surface area contributed by atoms with Crippen LogP contribution in [0.2, 0.25) is 0 Å². The van der Waals surface area contributed by atoms with Gasteiger partial charge in [-0.15, -0.1) is 0 Å². The number of nitrogens with zero attached hydrogens (tertiary/aromatic N) is 2. The molecule has 3 atom stereocenters. The van der Waals surface area contributed by atoms with Gasteiger partial charge in [-0.3, -0.25) is 4.90 Å². The molecule has 2 rings (SSSR count). The van der Waals surface area contributed by atoms with Crippen molar-refractivity contribution >= 4 is 5.84 Å². The van der Waals surface area contributed by atoms with Crippen LogP contribution in [0.1, 0.15) is 11.5 Å². The Labute approximate surface area is 111 Å². The molecule has 1 aliphatic heterocycles. The number of aliphatic hydroxyl groups is 2. The molecule has 0 amide bonds. The average Bonchev–Trinajstić information content (AvgIpc) is 2.75. The molecule has 104 valence electrons. The van der Waals surface area contributed by atoms with Crippen LogP contribution >= 0.6 is 0 Å². The van der Waals surface area contributed by atoms with Crippen molar-refractivity contribution in [3.05, 3.63) is 35.9 Å². The molecule has 0 radical (unpaired) electrons. The first-order valence-corrected chi connectivity index (χ1v) is 6.22. The minimum Gasteiger partial charge on any atom is -0.409 e. The maximum absolute atomic E-state index is 9.54. The minimum absolute atomic E-state index is 0.127. The summed E-state index contributed by atoms with van der Waals surface area (Å²) in [5.41, 5.74) is 6.68. The molecule has 6 heteroatoms. The van der Waals surface area contributed by atoms with Crippen LogP contribution in [0, 0.1) is 0 Å². The molecule has 0 aliphatic carbocycles. The first kappa shape index (κ1) is 13.8. The first-order chi connectivity index (χ1) is 9.11. The van der Waals surface area contributed by atoms with E-state index < -0.39 is 12.2 Å². The quantitative estimate of drug-likeness (QED) is 0.256. The number of hydrogen-bond donors (Lipinski definition) is 4. The van der Waals surface area contributed by atoms with Crippen molar-refractivity contribution in [1.29, 1.82) is 0 Å². The van der Waals surface area contributed by atoms with Crippen molar-refractivity contribution in [2.75, 3.05) is 19.6 Å². The van der Waals surface area contributed by atoms with Gasteiger partial charge in [0.1, 0.15) is 5.84 Å². The Balaban J connectivity index is 2.12. The summed E-state index contributed by atoms with van der Waals surface area (Å²) >= 11 is 0. The van der Waals surface area contributed by atoms with Crippen molar-refractivity contribution in [2.45, 2.75) is 18.1 Å². The fourth-order valence-electron chi connectivity index (χ4n) is 2.38. The molecular formula is C13H19N3O3. The molecule has 1 aromatic rings. The number of rotatable bonds is 4. The second kappa shape index (κ2) is 6.01. The fourth-order valence-corrected chi connectivity index (χ4v) is 2.38. The van der Waals surface area contributed by atoms with Gasteiger partial charge in [-0.25, -0.2) is 0 Å². The predicted molar refractivity (Wildman–Crippen MR) is 71.0 cm³/mol. The Morgan fingerprint density at radius 2 is 1.84 bits per heavy atom. The Morgan fingerprint density at radius 3 is 2.37 bits per heavy atom. The van der Waals surface area contributed by atoms with E-state index in [9.17, 15) is 10.2 Å². The van der Waals surface area contributed by atoms with E-state index in [1.54, 1.807) is 0 Å². The lowest BCUT2D eigenvalue weighted by molar-refractivity contribution is 0.0572. The number of β-amino-alcohol motifs (C(OH)–C–C–N with tert-alkyl or cyclic N) is 2. The van der Waals surface area contributed by atoms with E-state index in [2.05, 4.69) is 5.16 Å². The molecule has 0 spiro atoms. The van der Waals surface area contributed by atoms with E-state index in [-0.39, 0.29) is 11.8 Å². The topological polar surface area (TPSA) is 102 Å². The number of nitrogens with two attached hydrogens (primary N) is 1. The van der Waals surface area contributed by atoms with Crippen molar-refractivity contribution in [3.63, 3.8) is 0 Å². The number of hydrogen-bond acceptors (Lipinski definition) is 5. The van der Waals surface area contributed by atoms with Gasteiger partial charge in [0, 0.05) is 19.6 Å². The van der Waals surface area contributed by atoms with E-state index >= 15 is 0 Å². The lowest BCUT2D eigenvalue weighted by Gasteiger charge is -2.22. The summed E-state index contributed by atoms with van der Waals surface area (Å²) in [5, 5.41) is 31.1. The van der Waals surface area contributed by atoms with Crippen LogP contribution < -0.4 is 5.73 Å². The van der Waals surface area contributed by atoms with Crippen molar-refractivity contribution in [1.82, 2.24) is 4.90 Å². The van der Waals surface area contributed by atoms with Crippen LogP contribution in [0.3, 0.4) is 0 Å². The predicted octanol–water partition coefficient (Wildman–Crippen LogP) is -0.446. The minimum atomic E-state index is -0.733. The monoisotopic (exact) mass is 265 g/mol. The Morgan fingerprint density at radius 1 is 1.26 bits per heavy atom. The fraction of sp³-hybridized carbons (Fsp3) is 0.462. The number of likely N-dealkylation sites (tertiary alicyclic amines) is 1. The van der Waals surface area contributed by atoms with Crippen LogP contribution in [0.25, 0.3) is 0 Å². The second-order valence-electron chi connectivity index (χ2n) is 4.84. The molecule has 6 nitrogen and oxygen atoms in total. The van der Waals surface area contributed by atoms with E-state index in [1.165, 1.54) is 0 Å². The molecule has 1 fully saturated rings. The van der Waals surface area contributed by atoms with Crippen LogP contribution in [0.5, 0.6) is 0 Å². The van der Waals surface area contributed by atoms with Gasteiger partial charge < -0.3 is 21.2 Å². The van der Waals surface area contributed by atoms with Crippen LogP contribution in [0.15, 0.2) is 35.5 Å². The molecule has 1 aliphatic rings. The Bertz CT molecular complexity index is 428. The third kappa shape index (κ3) is 3.23. The van der Waals surface area contributed by atoms with Gasteiger partial charge in [-0.05, 0) is 5.56 Å². The number of benzene rings is 1. The van der Waals surface area contributed by atoms with Gasteiger partial charge in [0.05, 0.1) is 18.1 Å². The average molecular weight is 265 g/mol. The normalized spacial score (nSPS) is 26.5. The van der Waals surface area contributed by atoms with E-state index in [4.69, 9.17) is 10.9 Å². The van der Waals surface area contributed by atoms with Crippen LogP contribution in [0.4, 0.5) is 0 Å². The molecule has 0 saturated carbocycles. The summed E-state index contributed by atoms with van der Waals surface area (Å²) in [7, 11) is 0. The van der Waals surface area contributed by atoms with Gasteiger partial charge in [0.2, 0.25) is 0 Å². The molecule has 0 aromatic heterocycles. The summed E-state index contributed by atoms with van der Waals surface area (Å²) in [4.78, 5) is 1.91. The highest BCUT2D eigenvalue weighted by Gasteiger charge is 2.32. The van der Waals surface area contributed by atoms with Gasteiger partial charge in [0.15, 0.2) is 0 Å². The van der Waals surface area contributed by atoms with Crippen molar-refractivity contribution < 1.29 is 15.4 Å². The molecule has 19 heavy (non-hydrogen) atoms. The van der Waals surface area contributed by atoms with Crippen LogP contribution in [-0.2, 0) is 0 Å². The summed E-state index contributed by atoms with van der Waals surface area (Å²) in [6.45, 7) is 1.28. The summed E-state index contributed by atoms with van der Waals surface area (Å²) in [6.07, 6.45) is -1.47. The van der Waals surface area contributed by atoms with E-state index in [0.717, 1.165) is 5.56 Å². The lowest BCUT2D eigenvalue weighted by atomic mass is 9.97. The summed E-state index contributed by atoms with van der Waals surface area (Å²) < 4.78 is 0. The maximum atomic E-state index is 9.54. The SMILES string of the molecule is N/C(=N/O)C(CN1CC(O)C(O)C1)c1ccccc1. The van der Waals surface area contributed by atoms with Crippen LogP contribution in [-0.4, -0.2) is 58.0 Å². The van der Waals surface area contributed by atoms with Gasteiger partial charge in [-0.1, -0.05) is 35.5 Å². The van der Waals surface area contributed by atoms with Gasteiger partial charge in [0.25, 0.3) is 0 Å². The summed E-state index contributed by atoms with van der Waals surface area (Å²) in [5.74, 6) is -0.134. The third-order valence-electron chi connectivity index (χ3n) is 3.45. The van der Waals surface area contributed by atoms with Crippen molar-refractivity contribution in [2.24, 2.45) is 10.9 Å². The first-order valence-electron chi connectivity index (χ1n) is 6.22. The lowest BCUT2D eigenvalue weighted by Crippen LogP contribution is -2.34. The maximum Gasteiger partial charge on any atom is 0.147 e. The zero-order valence-corrected chi connectivity index (χ0v) is 10.6. The molecule has 5 N–H and O–H groups in total. The zero-order valence-electron chi connectivity index (χ0n) is 10.6. The van der Waals surface area contributed by atoms with Crippen molar-refractivity contribution in [3.8, 4) is 0 Å². The highest BCUT2D eigenvalue weighted by molar-refractivity contribution is 5.87. The molecule has 0 bridgehead atoms. The zero-order chi connectivity index (χ0) is 13.8. The molecule has 3 unspecified atom stereocenters. The van der Waals surface area contributed by atoms with Gasteiger partial charge >= 0.3 is 0 Å². The third-order valence-corrected chi connectivity index (χ3v) is 3.45.